The molecule has 2 aliphatic rings. The summed E-state index contributed by atoms with van der Waals surface area (Å²) in [5.41, 5.74) is 9.38. The van der Waals surface area contributed by atoms with Crippen LogP contribution in [0.25, 0.3) is 0 Å². The van der Waals surface area contributed by atoms with Crippen LogP contribution < -0.4 is 16.2 Å². The van der Waals surface area contributed by atoms with Crippen LogP contribution in [0.4, 0.5) is 0 Å². The van der Waals surface area contributed by atoms with E-state index < -0.39 is 0 Å². The number of fused-ring (bicyclic) bond motifs is 1. The summed E-state index contributed by atoms with van der Waals surface area (Å²) in [5.74, 6) is -0.0616. The second-order valence-corrected chi connectivity index (χ2v) is 6.67. The molecule has 3 N–H and O–H groups in total. The number of thiocarbonyl (C=S) groups is 1. The van der Waals surface area contributed by atoms with E-state index in [2.05, 4.69) is 34.4 Å². The number of aryl methyl sites for hydroxylation is 2. The Bertz CT molecular complexity index is 567. The molecule has 1 saturated carbocycles. The molecule has 0 aliphatic heterocycles. The molecule has 3 rings (SSSR count). The van der Waals surface area contributed by atoms with Gasteiger partial charge < -0.3 is 5.32 Å². The zero-order valence-electron chi connectivity index (χ0n) is 12.8. The molecule has 1 amide bonds. The summed E-state index contributed by atoms with van der Waals surface area (Å²) < 4.78 is 0. The molecule has 0 saturated heterocycles. The SMILES string of the molecule is O=C(Cc1ccc2c(c1)CCC2)NNC(=S)NC1CCCC1. The van der Waals surface area contributed by atoms with Crippen molar-refractivity contribution in [2.75, 3.05) is 0 Å². The highest BCUT2D eigenvalue weighted by Gasteiger charge is 2.16. The van der Waals surface area contributed by atoms with Gasteiger partial charge in [0.25, 0.3) is 0 Å². The predicted molar refractivity (Wildman–Crippen MR) is 91.4 cm³/mol. The molecule has 0 bridgehead atoms. The van der Waals surface area contributed by atoms with Crippen LogP contribution in [0.15, 0.2) is 18.2 Å². The largest absolute Gasteiger partial charge is 0.359 e. The number of hydrazine groups is 1. The van der Waals surface area contributed by atoms with Gasteiger partial charge in [0.2, 0.25) is 5.91 Å². The Labute approximate surface area is 137 Å². The van der Waals surface area contributed by atoms with Gasteiger partial charge in [-0.25, -0.2) is 0 Å². The first-order valence-corrected chi connectivity index (χ1v) is 8.57. The van der Waals surface area contributed by atoms with Crippen LogP contribution in [0, 0.1) is 0 Å². The Hall–Kier alpha value is -1.62. The molecule has 118 valence electrons. The van der Waals surface area contributed by atoms with Crippen LogP contribution in [0.1, 0.15) is 48.8 Å². The van der Waals surface area contributed by atoms with Crippen molar-refractivity contribution in [3.8, 4) is 0 Å². The van der Waals surface area contributed by atoms with E-state index >= 15 is 0 Å². The van der Waals surface area contributed by atoms with Crippen LogP contribution in [0.2, 0.25) is 0 Å². The van der Waals surface area contributed by atoms with E-state index in [1.807, 2.05) is 0 Å². The number of carbonyl (C=O) groups is 1. The summed E-state index contributed by atoms with van der Waals surface area (Å²) in [7, 11) is 0. The molecule has 0 aromatic heterocycles. The van der Waals surface area contributed by atoms with Crippen molar-refractivity contribution in [3.05, 3.63) is 34.9 Å². The fourth-order valence-corrected chi connectivity index (χ4v) is 3.60. The van der Waals surface area contributed by atoms with E-state index in [4.69, 9.17) is 12.2 Å². The normalized spacial score (nSPS) is 17.1. The number of hydrogen-bond donors (Lipinski definition) is 3. The Morgan fingerprint density at radius 3 is 2.68 bits per heavy atom. The molecule has 4 nitrogen and oxygen atoms in total. The topological polar surface area (TPSA) is 53.2 Å². The third-order valence-corrected chi connectivity index (χ3v) is 4.75. The van der Waals surface area contributed by atoms with Crippen molar-refractivity contribution in [1.82, 2.24) is 16.2 Å². The minimum absolute atomic E-state index is 0.0616. The first-order valence-electron chi connectivity index (χ1n) is 8.17. The summed E-state index contributed by atoms with van der Waals surface area (Å²) in [6.07, 6.45) is 8.74. The highest BCUT2D eigenvalue weighted by Crippen LogP contribution is 2.22. The van der Waals surface area contributed by atoms with Gasteiger partial charge in [0, 0.05) is 6.04 Å². The van der Waals surface area contributed by atoms with E-state index in [9.17, 15) is 4.79 Å². The van der Waals surface area contributed by atoms with E-state index in [0.29, 0.717) is 17.6 Å². The van der Waals surface area contributed by atoms with Crippen molar-refractivity contribution in [3.63, 3.8) is 0 Å². The fraction of sp³-hybridized carbons (Fsp3) is 0.529. The first-order chi connectivity index (χ1) is 10.7. The summed E-state index contributed by atoms with van der Waals surface area (Å²) >= 11 is 5.20. The molecule has 5 heteroatoms. The maximum atomic E-state index is 12.0. The van der Waals surface area contributed by atoms with E-state index in [1.54, 1.807) is 0 Å². The van der Waals surface area contributed by atoms with Gasteiger partial charge in [0.05, 0.1) is 6.42 Å². The van der Waals surface area contributed by atoms with Crippen LogP contribution in [0.3, 0.4) is 0 Å². The highest BCUT2D eigenvalue weighted by atomic mass is 32.1. The van der Waals surface area contributed by atoms with E-state index in [0.717, 1.165) is 24.8 Å². The van der Waals surface area contributed by atoms with Crippen molar-refractivity contribution in [2.45, 2.75) is 57.4 Å². The molecular weight excluding hydrogens is 294 g/mol. The number of amides is 1. The maximum Gasteiger partial charge on any atom is 0.242 e. The Morgan fingerprint density at radius 2 is 1.86 bits per heavy atom. The zero-order valence-corrected chi connectivity index (χ0v) is 13.6. The third-order valence-electron chi connectivity index (χ3n) is 4.53. The molecule has 1 aromatic carbocycles. The Balaban J connectivity index is 1.43. The number of rotatable bonds is 3. The molecule has 0 heterocycles. The molecule has 0 atom stereocenters. The van der Waals surface area contributed by atoms with Crippen LogP contribution in [-0.4, -0.2) is 17.1 Å². The summed E-state index contributed by atoms with van der Waals surface area (Å²) in [5, 5.41) is 3.75. The van der Waals surface area contributed by atoms with Gasteiger partial charge in [-0.05, 0) is 61.0 Å². The van der Waals surface area contributed by atoms with Crippen LogP contribution >= 0.6 is 12.2 Å². The van der Waals surface area contributed by atoms with E-state index in [-0.39, 0.29) is 5.91 Å². The van der Waals surface area contributed by atoms with Gasteiger partial charge in [0.1, 0.15) is 0 Å². The lowest BCUT2D eigenvalue weighted by Crippen LogP contribution is -2.49. The molecule has 22 heavy (non-hydrogen) atoms. The molecule has 0 radical (unpaired) electrons. The summed E-state index contributed by atoms with van der Waals surface area (Å²) in [4.78, 5) is 12.0. The Morgan fingerprint density at radius 1 is 1.09 bits per heavy atom. The second-order valence-electron chi connectivity index (χ2n) is 6.26. The van der Waals surface area contributed by atoms with E-state index in [1.165, 1.54) is 36.8 Å². The molecule has 2 aliphatic carbocycles. The quantitative estimate of drug-likeness (QED) is 0.591. The lowest BCUT2D eigenvalue weighted by atomic mass is 10.0. The molecule has 0 spiro atoms. The number of carbonyl (C=O) groups excluding carboxylic acids is 1. The van der Waals surface area contributed by atoms with Gasteiger partial charge in [-0.3, -0.25) is 15.6 Å². The minimum Gasteiger partial charge on any atom is -0.359 e. The maximum absolute atomic E-state index is 12.0. The molecule has 1 fully saturated rings. The van der Waals surface area contributed by atoms with Gasteiger partial charge in [-0.15, -0.1) is 0 Å². The standard InChI is InChI=1S/C17H23N3OS/c21-16(19-20-17(22)18-15-6-1-2-7-15)11-12-8-9-13-4-3-5-14(13)10-12/h8-10,15H,1-7,11H2,(H,19,21)(H2,18,20,22). The van der Waals surface area contributed by atoms with Gasteiger partial charge in [-0.1, -0.05) is 31.0 Å². The van der Waals surface area contributed by atoms with Crippen LogP contribution in [-0.2, 0) is 24.1 Å². The smallest absolute Gasteiger partial charge is 0.242 e. The Kier molecular flexibility index (Phi) is 4.93. The summed E-state index contributed by atoms with van der Waals surface area (Å²) in [6.45, 7) is 0. The number of nitrogens with one attached hydrogen (secondary N) is 3. The lowest BCUT2D eigenvalue weighted by molar-refractivity contribution is -0.121. The van der Waals surface area contributed by atoms with Gasteiger partial charge in [-0.2, -0.15) is 0 Å². The van der Waals surface area contributed by atoms with Gasteiger partial charge >= 0.3 is 0 Å². The highest BCUT2D eigenvalue weighted by molar-refractivity contribution is 7.80. The zero-order chi connectivity index (χ0) is 15.4. The first kappa shape index (κ1) is 15.3. The molecule has 0 unspecified atom stereocenters. The molecule has 1 aromatic rings. The molecular formula is C17H23N3OS. The van der Waals surface area contributed by atoms with Crippen LogP contribution in [0.5, 0.6) is 0 Å². The third kappa shape index (κ3) is 3.97. The minimum atomic E-state index is -0.0616. The van der Waals surface area contributed by atoms with Gasteiger partial charge in [0.15, 0.2) is 5.11 Å². The monoisotopic (exact) mass is 317 g/mol. The second kappa shape index (κ2) is 7.09. The van der Waals surface area contributed by atoms with Crippen molar-refractivity contribution in [1.29, 1.82) is 0 Å². The summed E-state index contributed by atoms with van der Waals surface area (Å²) in [6, 6.07) is 6.83. The fourth-order valence-electron chi connectivity index (χ4n) is 3.38. The van der Waals surface area contributed by atoms with Crippen molar-refractivity contribution in [2.24, 2.45) is 0 Å². The lowest BCUT2D eigenvalue weighted by Gasteiger charge is -2.16. The number of benzene rings is 1. The number of hydrogen-bond acceptors (Lipinski definition) is 2. The van der Waals surface area contributed by atoms with Crippen molar-refractivity contribution >= 4 is 23.2 Å². The average Bonchev–Trinajstić information content (AvgIpc) is 3.15. The van der Waals surface area contributed by atoms with Crippen molar-refractivity contribution < 1.29 is 4.79 Å². The predicted octanol–water partition coefficient (Wildman–Crippen LogP) is 2.16. The average molecular weight is 317 g/mol.